The summed E-state index contributed by atoms with van der Waals surface area (Å²) in [7, 11) is 0. The summed E-state index contributed by atoms with van der Waals surface area (Å²) in [5, 5.41) is 18.6. The Labute approximate surface area is 95.3 Å². The number of phenolic OH excluding ortho intramolecular Hbond substituents is 1. The maximum atomic E-state index is 11.5. The Morgan fingerprint density at radius 2 is 2.12 bits per heavy atom. The van der Waals surface area contributed by atoms with Crippen LogP contribution in [-0.4, -0.2) is 21.2 Å². The quantitative estimate of drug-likeness (QED) is 0.601. The van der Waals surface area contributed by atoms with Crippen molar-refractivity contribution in [1.29, 1.82) is 0 Å². The number of aromatic hydroxyl groups is 1. The van der Waals surface area contributed by atoms with Crippen LogP contribution in [0.1, 0.15) is 5.56 Å². The monoisotopic (exact) mass is 234 g/mol. The van der Waals surface area contributed by atoms with Crippen LogP contribution < -0.4 is 11.3 Å². The molecule has 0 unspecified atom stereocenters. The summed E-state index contributed by atoms with van der Waals surface area (Å²) in [6, 6.07) is 4.28. The van der Waals surface area contributed by atoms with Gasteiger partial charge in [0.05, 0.1) is 11.9 Å². The van der Waals surface area contributed by atoms with Crippen LogP contribution in [0.15, 0.2) is 23.0 Å². The van der Waals surface area contributed by atoms with E-state index in [1.54, 1.807) is 0 Å². The number of nitrogens with two attached hydrogens (primary N) is 1. The van der Waals surface area contributed by atoms with Gasteiger partial charge in [-0.15, -0.1) is 0 Å². The Morgan fingerprint density at radius 3 is 2.76 bits per heavy atom. The van der Waals surface area contributed by atoms with Crippen molar-refractivity contribution in [1.82, 2.24) is 4.98 Å². The maximum absolute atomic E-state index is 11.5. The van der Waals surface area contributed by atoms with Gasteiger partial charge in [-0.25, -0.2) is 0 Å². The van der Waals surface area contributed by atoms with Gasteiger partial charge in [0.1, 0.15) is 11.4 Å². The number of pyridine rings is 1. The number of aliphatic carboxylic acids is 1. The highest BCUT2D eigenvalue weighted by molar-refractivity contribution is 5.90. The number of carboxylic acids is 1. The molecule has 0 amide bonds. The Morgan fingerprint density at radius 1 is 1.41 bits per heavy atom. The fourth-order valence-electron chi connectivity index (χ4n) is 1.71. The van der Waals surface area contributed by atoms with E-state index in [-0.39, 0.29) is 23.4 Å². The molecular formula is C11H10N2O4. The zero-order valence-electron chi connectivity index (χ0n) is 8.73. The highest BCUT2D eigenvalue weighted by Crippen LogP contribution is 2.23. The lowest BCUT2D eigenvalue weighted by atomic mass is 10.0. The number of anilines is 1. The molecule has 0 saturated carbocycles. The highest BCUT2D eigenvalue weighted by Gasteiger charge is 2.13. The molecule has 2 aromatic rings. The van der Waals surface area contributed by atoms with Crippen LogP contribution in [0.5, 0.6) is 5.75 Å². The van der Waals surface area contributed by atoms with Crippen LogP contribution in [0.2, 0.25) is 0 Å². The molecule has 6 nitrogen and oxygen atoms in total. The number of nitrogen functional groups attached to an aromatic ring is 1. The molecule has 0 aliphatic heterocycles. The van der Waals surface area contributed by atoms with Gasteiger partial charge in [-0.1, -0.05) is 0 Å². The number of aromatic amines is 1. The van der Waals surface area contributed by atoms with Crippen molar-refractivity contribution in [2.24, 2.45) is 0 Å². The summed E-state index contributed by atoms with van der Waals surface area (Å²) < 4.78 is 0. The lowest BCUT2D eigenvalue weighted by Crippen LogP contribution is -2.17. The molecule has 2 rings (SSSR count). The summed E-state index contributed by atoms with van der Waals surface area (Å²) in [4.78, 5) is 24.7. The van der Waals surface area contributed by atoms with Crippen molar-refractivity contribution in [2.45, 2.75) is 6.42 Å². The fourth-order valence-corrected chi connectivity index (χ4v) is 1.71. The summed E-state index contributed by atoms with van der Waals surface area (Å²) in [5.41, 5.74) is 5.53. The van der Waals surface area contributed by atoms with Crippen LogP contribution in [0.4, 0.5) is 5.69 Å². The number of fused-ring (bicyclic) bond motifs is 1. The van der Waals surface area contributed by atoms with E-state index in [1.165, 1.54) is 18.2 Å². The largest absolute Gasteiger partial charge is 0.508 e. The molecule has 5 N–H and O–H groups in total. The lowest BCUT2D eigenvalue weighted by Gasteiger charge is -2.07. The number of H-pyrrole nitrogens is 1. The van der Waals surface area contributed by atoms with Crippen LogP contribution in [-0.2, 0) is 11.2 Å². The van der Waals surface area contributed by atoms with Crippen LogP contribution in [0.25, 0.3) is 10.9 Å². The molecule has 0 atom stereocenters. The number of aromatic nitrogens is 1. The zero-order chi connectivity index (χ0) is 12.6. The summed E-state index contributed by atoms with van der Waals surface area (Å²) in [6.07, 6.45) is -0.336. The van der Waals surface area contributed by atoms with Gasteiger partial charge in [0.15, 0.2) is 0 Å². The molecule has 1 heterocycles. The zero-order valence-corrected chi connectivity index (χ0v) is 8.73. The first-order chi connectivity index (χ1) is 7.99. The van der Waals surface area contributed by atoms with Crippen LogP contribution >= 0.6 is 0 Å². The van der Waals surface area contributed by atoms with Gasteiger partial charge >= 0.3 is 5.97 Å². The molecule has 0 fully saturated rings. The molecule has 17 heavy (non-hydrogen) atoms. The second-order valence-corrected chi connectivity index (χ2v) is 3.65. The van der Waals surface area contributed by atoms with Crippen molar-refractivity contribution in [2.75, 3.05) is 5.73 Å². The van der Waals surface area contributed by atoms with Gasteiger partial charge in [-0.2, -0.15) is 0 Å². The van der Waals surface area contributed by atoms with E-state index in [4.69, 9.17) is 10.8 Å². The molecular weight excluding hydrogens is 224 g/mol. The van der Waals surface area contributed by atoms with Crippen LogP contribution in [0.3, 0.4) is 0 Å². The molecule has 0 saturated heterocycles. The van der Waals surface area contributed by atoms with Gasteiger partial charge in [0.2, 0.25) is 0 Å². The molecule has 0 bridgehead atoms. The minimum absolute atomic E-state index is 0.0146. The minimum atomic E-state index is -1.07. The van der Waals surface area contributed by atoms with Crippen molar-refractivity contribution < 1.29 is 15.0 Å². The first kappa shape index (κ1) is 11.0. The SMILES string of the molecule is Nc1c(CC(=O)O)c2ccc(O)cc2[nH]c1=O. The molecule has 0 radical (unpaired) electrons. The van der Waals surface area contributed by atoms with E-state index < -0.39 is 11.5 Å². The van der Waals surface area contributed by atoms with Gasteiger partial charge in [0.25, 0.3) is 5.56 Å². The molecule has 0 spiro atoms. The summed E-state index contributed by atoms with van der Waals surface area (Å²) >= 11 is 0. The second kappa shape index (κ2) is 3.82. The standard InChI is InChI=1S/C11H10N2O4/c12-10-7(4-9(15)16)6-2-1-5(14)3-8(6)13-11(10)17/h1-3,14H,4,12H2,(H,13,17)(H,15,16). The van der Waals surface area contributed by atoms with Crippen molar-refractivity contribution in [3.63, 3.8) is 0 Å². The van der Waals surface area contributed by atoms with Crippen molar-refractivity contribution in [3.05, 3.63) is 34.1 Å². The average Bonchev–Trinajstić information content (AvgIpc) is 2.24. The van der Waals surface area contributed by atoms with E-state index in [2.05, 4.69) is 4.98 Å². The predicted molar refractivity (Wildman–Crippen MR) is 62.0 cm³/mol. The van der Waals surface area contributed by atoms with Crippen molar-refractivity contribution in [3.8, 4) is 5.75 Å². The highest BCUT2D eigenvalue weighted by atomic mass is 16.4. The third-order valence-corrected chi connectivity index (χ3v) is 2.47. The number of carboxylic acid groups (broad SMARTS) is 1. The molecule has 88 valence electrons. The Hall–Kier alpha value is -2.50. The van der Waals surface area contributed by atoms with E-state index in [1.807, 2.05) is 0 Å². The van der Waals surface area contributed by atoms with E-state index in [0.717, 1.165) is 0 Å². The van der Waals surface area contributed by atoms with Crippen molar-refractivity contribution >= 4 is 22.6 Å². The predicted octanol–water partition coefficient (Wildman–Crippen LogP) is 0.443. The Kier molecular flexibility index (Phi) is 2.47. The molecule has 0 aliphatic rings. The smallest absolute Gasteiger partial charge is 0.307 e. The molecule has 0 aliphatic carbocycles. The number of carbonyl (C=O) groups is 1. The summed E-state index contributed by atoms with van der Waals surface area (Å²) in [6.45, 7) is 0. The number of phenols is 1. The Balaban J connectivity index is 2.82. The van der Waals surface area contributed by atoms with Gasteiger partial charge < -0.3 is 20.9 Å². The van der Waals surface area contributed by atoms with E-state index in [9.17, 15) is 14.7 Å². The first-order valence-corrected chi connectivity index (χ1v) is 4.84. The normalized spacial score (nSPS) is 10.6. The van der Waals surface area contributed by atoms with Gasteiger partial charge in [-0.05, 0) is 12.1 Å². The first-order valence-electron chi connectivity index (χ1n) is 4.84. The minimum Gasteiger partial charge on any atom is -0.508 e. The topological polar surface area (TPSA) is 116 Å². The molecule has 6 heteroatoms. The number of rotatable bonds is 2. The maximum Gasteiger partial charge on any atom is 0.307 e. The average molecular weight is 234 g/mol. The number of nitrogens with one attached hydrogen (secondary N) is 1. The number of hydrogen-bond acceptors (Lipinski definition) is 4. The Bertz CT molecular complexity index is 660. The van der Waals surface area contributed by atoms with Crippen LogP contribution in [0, 0.1) is 0 Å². The number of benzene rings is 1. The molecule has 1 aromatic carbocycles. The van der Waals surface area contributed by atoms with Gasteiger partial charge in [-0.3, -0.25) is 9.59 Å². The van der Waals surface area contributed by atoms with E-state index >= 15 is 0 Å². The third-order valence-electron chi connectivity index (χ3n) is 2.47. The fraction of sp³-hybridized carbons (Fsp3) is 0.0909. The second-order valence-electron chi connectivity index (χ2n) is 3.65. The molecule has 1 aromatic heterocycles. The summed E-state index contributed by atoms with van der Waals surface area (Å²) in [5.74, 6) is -1.09. The lowest BCUT2D eigenvalue weighted by molar-refractivity contribution is -0.136. The number of hydrogen-bond donors (Lipinski definition) is 4. The van der Waals surface area contributed by atoms with Gasteiger partial charge in [0, 0.05) is 17.0 Å². The third kappa shape index (κ3) is 1.92. The van der Waals surface area contributed by atoms with E-state index in [0.29, 0.717) is 10.9 Å².